The molecule has 1 aliphatic carbocycles. The van der Waals surface area contributed by atoms with Crippen molar-refractivity contribution in [2.45, 2.75) is 39.7 Å². The molecule has 2 aliphatic rings. The Bertz CT molecular complexity index is 722. The maximum Gasteiger partial charge on any atom is 0.191 e. The third kappa shape index (κ3) is 9.02. The van der Waals surface area contributed by atoms with Crippen molar-refractivity contribution in [1.29, 1.82) is 0 Å². The van der Waals surface area contributed by atoms with E-state index in [4.69, 9.17) is 9.73 Å². The molecule has 2 atom stereocenters. The van der Waals surface area contributed by atoms with Crippen LogP contribution in [-0.4, -0.2) is 75.2 Å². The molecule has 1 aromatic carbocycles. The molecule has 6 nitrogen and oxygen atoms in total. The molecule has 0 bridgehead atoms. The van der Waals surface area contributed by atoms with Crippen LogP contribution in [0.2, 0.25) is 0 Å². The Morgan fingerprint density at radius 2 is 1.94 bits per heavy atom. The van der Waals surface area contributed by atoms with E-state index in [1.165, 1.54) is 12.8 Å². The van der Waals surface area contributed by atoms with Crippen molar-refractivity contribution >= 4 is 29.9 Å². The van der Waals surface area contributed by atoms with Crippen LogP contribution in [0.15, 0.2) is 23.2 Å². The van der Waals surface area contributed by atoms with Crippen LogP contribution in [0.1, 0.15) is 45.2 Å². The number of benzene rings is 1. The molecular formula is C24H41FIN5O. The van der Waals surface area contributed by atoms with Crippen LogP contribution in [0.4, 0.5) is 4.39 Å². The first-order valence-corrected chi connectivity index (χ1v) is 11.8. The highest BCUT2D eigenvalue weighted by Gasteiger charge is 2.22. The van der Waals surface area contributed by atoms with Gasteiger partial charge in [0.1, 0.15) is 0 Å². The predicted molar refractivity (Wildman–Crippen MR) is 141 cm³/mol. The molecule has 1 heterocycles. The second-order valence-electron chi connectivity index (χ2n) is 9.24. The van der Waals surface area contributed by atoms with Gasteiger partial charge in [0.15, 0.2) is 17.5 Å². The molecular weight excluding hydrogens is 520 g/mol. The molecule has 3 rings (SSSR count). The molecule has 2 N–H and O–H groups in total. The molecule has 0 spiro atoms. The topological polar surface area (TPSA) is 52.1 Å². The number of ether oxygens (including phenoxy) is 1. The fraction of sp³-hybridized carbons (Fsp3) is 0.708. The van der Waals surface area contributed by atoms with E-state index in [0.717, 1.165) is 57.3 Å². The van der Waals surface area contributed by atoms with Crippen LogP contribution in [0.5, 0.6) is 5.75 Å². The molecule has 182 valence electrons. The van der Waals surface area contributed by atoms with Gasteiger partial charge in [-0.05, 0) is 63.3 Å². The highest BCUT2D eigenvalue weighted by atomic mass is 127. The van der Waals surface area contributed by atoms with Crippen molar-refractivity contribution in [3.8, 4) is 5.75 Å². The number of nitrogens with one attached hydrogen (secondary N) is 2. The Labute approximate surface area is 210 Å². The lowest BCUT2D eigenvalue weighted by molar-refractivity contribution is 0.140. The van der Waals surface area contributed by atoms with Gasteiger partial charge < -0.3 is 25.2 Å². The Morgan fingerprint density at radius 1 is 1.22 bits per heavy atom. The van der Waals surface area contributed by atoms with E-state index in [1.54, 1.807) is 12.1 Å². The third-order valence-corrected chi connectivity index (χ3v) is 6.05. The monoisotopic (exact) mass is 561 g/mol. The predicted octanol–water partition coefficient (Wildman–Crippen LogP) is 3.73. The van der Waals surface area contributed by atoms with Crippen LogP contribution in [-0.2, 0) is 0 Å². The van der Waals surface area contributed by atoms with Crippen molar-refractivity contribution in [2.75, 3.05) is 59.5 Å². The van der Waals surface area contributed by atoms with Gasteiger partial charge in [-0.3, -0.25) is 4.99 Å². The van der Waals surface area contributed by atoms with E-state index in [-0.39, 0.29) is 35.8 Å². The largest absolute Gasteiger partial charge is 0.490 e. The number of halogens is 2. The van der Waals surface area contributed by atoms with Gasteiger partial charge >= 0.3 is 0 Å². The standard InChI is InChI=1S/C24H40FN5O.HI/c1-5-26-24(27-15-18(2)16-30-12-10-29(4)11-13-30)28-19(3)21-8-9-23(22(25)14-21)31-17-20-6-7-20;/h8-9,14,18-20H,5-7,10-13,15-17H2,1-4H3,(H2,26,27,28);1H. The summed E-state index contributed by atoms with van der Waals surface area (Å²) < 4.78 is 20.1. The minimum absolute atomic E-state index is 0. The molecule has 2 fully saturated rings. The van der Waals surface area contributed by atoms with Crippen LogP contribution < -0.4 is 15.4 Å². The molecule has 0 radical (unpaired) electrons. The van der Waals surface area contributed by atoms with E-state index >= 15 is 0 Å². The second-order valence-corrected chi connectivity index (χ2v) is 9.24. The average Bonchev–Trinajstić information content (AvgIpc) is 3.57. The molecule has 1 saturated carbocycles. The van der Waals surface area contributed by atoms with Gasteiger partial charge in [-0.25, -0.2) is 4.39 Å². The summed E-state index contributed by atoms with van der Waals surface area (Å²) in [4.78, 5) is 9.70. The zero-order valence-corrected chi connectivity index (χ0v) is 22.4. The number of likely N-dealkylation sites (N-methyl/N-ethyl adjacent to an activating group) is 1. The van der Waals surface area contributed by atoms with E-state index in [0.29, 0.717) is 24.2 Å². The number of rotatable bonds is 10. The summed E-state index contributed by atoms with van der Waals surface area (Å²) in [6.45, 7) is 14.1. The first kappa shape index (κ1) is 27.1. The fourth-order valence-corrected chi connectivity index (χ4v) is 3.78. The number of piperazine rings is 1. The maximum absolute atomic E-state index is 14.5. The molecule has 32 heavy (non-hydrogen) atoms. The van der Waals surface area contributed by atoms with E-state index < -0.39 is 0 Å². The zero-order chi connectivity index (χ0) is 22.2. The highest BCUT2D eigenvalue weighted by Crippen LogP contribution is 2.30. The summed E-state index contributed by atoms with van der Waals surface area (Å²) in [7, 11) is 2.18. The Kier molecular flexibility index (Phi) is 11.5. The van der Waals surface area contributed by atoms with E-state index in [9.17, 15) is 4.39 Å². The number of hydrogen-bond donors (Lipinski definition) is 2. The van der Waals surface area contributed by atoms with Gasteiger partial charge in [0, 0.05) is 45.8 Å². The summed E-state index contributed by atoms with van der Waals surface area (Å²) in [5, 5.41) is 6.73. The molecule has 1 aliphatic heterocycles. The SMILES string of the molecule is CCNC(=NCC(C)CN1CCN(C)CC1)NC(C)c1ccc(OCC2CC2)c(F)c1.I. The van der Waals surface area contributed by atoms with Crippen LogP contribution in [0.3, 0.4) is 0 Å². The first-order valence-electron chi connectivity index (χ1n) is 11.8. The number of aliphatic imine (C=N–C) groups is 1. The molecule has 0 amide bonds. The van der Waals surface area contributed by atoms with Gasteiger partial charge in [0.05, 0.1) is 12.6 Å². The quantitative estimate of drug-likeness (QED) is 0.259. The first-order chi connectivity index (χ1) is 14.9. The van der Waals surface area contributed by atoms with Gasteiger partial charge in [-0.2, -0.15) is 0 Å². The average molecular weight is 562 g/mol. The summed E-state index contributed by atoms with van der Waals surface area (Å²) in [5.41, 5.74) is 0.882. The van der Waals surface area contributed by atoms with Crippen molar-refractivity contribution < 1.29 is 9.13 Å². The number of hydrogen-bond acceptors (Lipinski definition) is 4. The van der Waals surface area contributed by atoms with E-state index in [2.05, 4.69) is 41.3 Å². The third-order valence-electron chi connectivity index (χ3n) is 6.05. The summed E-state index contributed by atoms with van der Waals surface area (Å²) in [5.74, 6) is 1.91. The summed E-state index contributed by atoms with van der Waals surface area (Å²) in [6.07, 6.45) is 2.39. The lowest BCUT2D eigenvalue weighted by atomic mass is 10.1. The molecule has 2 unspecified atom stereocenters. The zero-order valence-electron chi connectivity index (χ0n) is 20.1. The van der Waals surface area contributed by atoms with E-state index in [1.807, 2.05) is 13.0 Å². The van der Waals surface area contributed by atoms with Crippen molar-refractivity contribution in [2.24, 2.45) is 16.8 Å². The maximum atomic E-state index is 14.5. The molecule has 0 aromatic heterocycles. The summed E-state index contributed by atoms with van der Waals surface area (Å²) >= 11 is 0. The molecule has 1 saturated heterocycles. The normalized spacial score (nSPS) is 19.7. The lowest BCUT2D eigenvalue weighted by Gasteiger charge is -2.33. The number of nitrogens with zero attached hydrogens (tertiary/aromatic N) is 3. The smallest absolute Gasteiger partial charge is 0.191 e. The van der Waals surface area contributed by atoms with Crippen LogP contribution >= 0.6 is 24.0 Å². The minimum Gasteiger partial charge on any atom is -0.490 e. The second kappa shape index (κ2) is 13.5. The fourth-order valence-electron chi connectivity index (χ4n) is 3.78. The van der Waals surface area contributed by atoms with Gasteiger partial charge in [0.2, 0.25) is 0 Å². The van der Waals surface area contributed by atoms with Gasteiger partial charge in [-0.15, -0.1) is 24.0 Å². The minimum atomic E-state index is -0.297. The van der Waals surface area contributed by atoms with Crippen LogP contribution in [0, 0.1) is 17.7 Å². The lowest BCUT2D eigenvalue weighted by Crippen LogP contribution is -2.46. The van der Waals surface area contributed by atoms with Gasteiger partial charge in [0.25, 0.3) is 0 Å². The van der Waals surface area contributed by atoms with Crippen molar-refractivity contribution in [3.05, 3.63) is 29.6 Å². The Morgan fingerprint density at radius 3 is 2.56 bits per heavy atom. The molecule has 8 heteroatoms. The number of guanidine groups is 1. The molecule has 1 aromatic rings. The van der Waals surface area contributed by atoms with Crippen molar-refractivity contribution in [1.82, 2.24) is 20.4 Å². The van der Waals surface area contributed by atoms with Gasteiger partial charge in [-0.1, -0.05) is 13.0 Å². The van der Waals surface area contributed by atoms with Crippen LogP contribution in [0.25, 0.3) is 0 Å². The summed E-state index contributed by atoms with van der Waals surface area (Å²) in [6, 6.07) is 5.19. The Balaban J connectivity index is 0.00000363. The highest BCUT2D eigenvalue weighted by molar-refractivity contribution is 14.0. The Hall–Kier alpha value is -1.13. The van der Waals surface area contributed by atoms with Crippen molar-refractivity contribution in [3.63, 3.8) is 0 Å².